The predicted molar refractivity (Wildman–Crippen MR) is 60.5 cm³/mol. The predicted octanol–water partition coefficient (Wildman–Crippen LogP) is 2.28. The van der Waals surface area contributed by atoms with E-state index in [0.29, 0.717) is 6.42 Å². The molecule has 0 amide bonds. The lowest BCUT2D eigenvalue weighted by Crippen LogP contribution is -2.11. The number of rotatable bonds is 3. The number of aliphatic hydroxyl groups excluding tert-OH is 1. The zero-order chi connectivity index (χ0) is 9.97. The number of benzene rings is 1. The van der Waals surface area contributed by atoms with Crippen LogP contribution in [0.15, 0.2) is 29.6 Å². The summed E-state index contributed by atoms with van der Waals surface area (Å²) >= 11 is 1.71. The first-order valence-corrected chi connectivity index (χ1v) is 5.53. The first-order chi connectivity index (χ1) is 6.83. The Kier molecular flexibility index (Phi) is 2.82. The van der Waals surface area contributed by atoms with E-state index in [1.807, 2.05) is 12.1 Å². The van der Waals surface area contributed by atoms with Gasteiger partial charge in [-0.05, 0) is 28.8 Å². The molecule has 14 heavy (non-hydrogen) atoms. The molecule has 0 aliphatic heterocycles. The van der Waals surface area contributed by atoms with Gasteiger partial charge >= 0.3 is 0 Å². The molecule has 74 valence electrons. The third-order valence-electron chi connectivity index (χ3n) is 2.35. The summed E-state index contributed by atoms with van der Waals surface area (Å²) < 4.78 is 1.26. The van der Waals surface area contributed by atoms with Crippen molar-refractivity contribution in [3.63, 3.8) is 0 Å². The third-order valence-corrected chi connectivity index (χ3v) is 3.33. The standard InChI is InChI=1S/C11H13NOS/c12-10(5-6-13)9-7-14-11-4-2-1-3-8(9)11/h1-4,7,10,13H,5-6,12H2/t10-/m1/s1. The van der Waals surface area contributed by atoms with Gasteiger partial charge in [-0.25, -0.2) is 0 Å². The second-order valence-electron chi connectivity index (χ2n) is 3.31. The highest BCUT2D eigenvalue weighted by Gasteiger charge is 2.10. The lowest BCUT2D eigenvalue weighted by Gasteiger charge is -2.08. The van der Waals surface area contributed by atoms with Gasteiger partial charge in [-0.3, -0.25) is 0 Å². The molecule has 0 saturated carbocycles. The van der Waals surface area contributed by atoms with Crippen molar-refractivity contribution in [3.8, 4) is 0 Å². The number of nitrogens with two attached hydrogens (primary N) is 1. The summed E-state index contributed by atoms with van der Waals surface area (Å²) in [6, 6.07) is 8.17. The summed E-state index contributed by atoms with van der Waals surface area (Å²) in [6.07, 6.45) is 0.626. The SMILES string of the molecule is N[C@H](CCO)c1csc2ccccc12. The molecule has 3 heteroatoms. The first kappa shape index (κ1) is 9.65. The van der Waals surface area contributed by atoms with E-state index in [1.54, 1.807) is 11.3 Å². The summed E-state index contributed by atoms with van der Waals surface area (Å²) in [5, 5.41) is 12.1. The molecule has 1 atom stereocenters. The van der Waals surface area contributed by atoms with Crippen LogP contribution in [-0.2, 0) is 0 Å². The fourth-order valence-corrected chi connectivity index (χ4v) is 2.61. The minimum atomic E-state index is -0.0452. The quantitative estimate of drug-likeness (QED) is 0.811. The first-order valence-electron chi connectivity index (χ1n) is 4.65. The topological polar surface area (TPSA) is 46.2 Å². The van der Waals surface area contributed by atoms with Crippen molar-refractivity contribution in [2.45, 2.75) is 12.5 Å². The second kappa shape index (κ2) is 4.09. The monoisotopic (exact) mass is 207 g/mol. The molecule has 0 fully saturated rings. The van der Waals surface area contributed by atoms with Gasteiger partial charge in [0, 0.05) is 17.3 Å². The molecular weight excluding hydrogens is 194 g/mol. The zero-order valence-electron chi connectivity index (χ0n) is 7.81. The molecule has 2 nitrogen and oxygen atoms in total. The fourth-order valence-electron chi connectivity index (χ4n) is 1.58. The van der Waals surface area contributed by atoms with Crippen molar-refractivity contribution in [2.75, 3.05) is 6.61 Å². The van der Waals surface area contributed by atoms with Gasteiger partial charge in [-0.2, -0.15) is 0 Å². The summed E-state index contributed by atoms with van der Waals surface area (Å²) in [6.45, 7) is 0.144. The number of hydrogen-bond acceptors (Lipinski definition) is 3. The molecule has 2 aromatic rings. The highest BCUT2D eigenvalue weighted by Crippen LogP contribution is 2.30. The maximum atomic E-state index is 8.83. The molecule has 0 bridgehead atoms. The molecule has 3 N–H and O–H groups in total. The van der Waals surface area contributed by atoms with Crippen LogP contribution in [0.5, 0.6) is 0 Å². The van der Waals surface area contributed by atoms with Crippen LogP contribution in [0.3, 0.4) is 0 Å². The minimum absolute atomic E-state index is 0.0452. The van der Waals surface area contributed by atoms with E-state index in [-0.39, 0.29) is 12.6 Å². The van der Waals surface area contributed by atoms with Gasteiger partial charge in [0.05, 0.1) is 0 Å². The lowest BCUT2D eigenvalue weighted by molar-refractivity contribution is 0.277. The Bertz CT molecular complexity index is 424. The van der Waals surface area contributed by atoms with E-state index in [9.17, 15) is 0 Å². The Morgan fingerprint density at radius 3 is 2.93 bits per heavy atom. The molecule has 0 spiro atoms. The van der Waals surface area contributed by atoms with Gasteiger partial charge in [-0.1, -0.05) is 18.2 Å². The molecule has 0 aliphatic rings. The maximum Gasteiger partial charge on any atom is 0.0449 e. The van der Waals surface area contributed by atoms with Crippen molar-refractivity contribution in [2.24, 2.45) is 5.73 Å². The van der Waals surface area contributed by atoms with Crippen LogP contribution >= 0.6 is 11.3 Å². The third kappa shape index (κ3) is 1.66. The van der Waals surface area contributed by atoms with Crippen molar-refractivity contribution in [1.82, 2.24) is 0 Å². The Hall–Kier alpha value is -0.900. The second-order valence-corrected chi connectivity index (χ2v) is 4.22. The van der Waals surface area contributed by atoms with Gasteiger partial charge in [-0.15, -0.1) is 11.3 Å². The molecule has 0 saturated heterocycles. The molecule has 0 aliphatic carbocycles. The zero-order valence-corrected chi connectivity index (χ0v) is 8.63. The molecule has 1 aromatic heterocycles. The average Bonchev–Trinajstić information content (AvgIpc) is 2.61. The van der Waals surface area contributed by atoms with E-state index in [1.165, 1.54) is 10.1 Å². The van der Waals surface area contributed by atoms with E-state index in [0.717, 1.165) is 5.56 Å². The Morgan fingerprint density at radius 1 is 1.36 bits per heavy atom. The number of aliphatic hydroxyl groups is 1. The molecule has 1 aromatic carbocycles. The summed E-state index contributed by atoms with van der Waals surface area (Å²) in [4.78, 5) is 0. The normalized spacial score (nSPS) is 13.3. The van der Waals surface area contributed by atoms with Gasteiger partial charge in [0.2, 0.25) is 0 Å². The van der Waals surface area contributed by atoms with E-state index in [4.69, 9.17) is 10.8 Å². The van der Waals surface area contributed by atoms with E-state index in [2.05, 4.69) is 17.5 Å². The van der Waals surface area contributed by atoms with Gasteiger partial charge in [0.1, 0.15) is 0 Å². The van der Waals surface area contributed by atoms with Gasteiger partial charge < -0.3 is 10.8 Å². The van der Waals surface area contributed by atoms with Crippen LogP contribution < -0.4 is 5.73 Å². The highest BCUT2D eigenvalue weighted by atomic mass is 32.1. The van der Waals surface area contributed by atoms with Crippen LogP contribution in [0.4, 0.5) is 0 Å². The van der Waals surface area contributed by atoms with Crippen molar-refractivity contribution >= 4 is 21.4 Å². The number of hydrogen-bond donors (Lipinski definition) is 2. The van der Waals surface area contributed by atoms with Crippen LogP contribution in [0.2, 0.25) is 0 Å². The van der Waals surface area contributed by atoms with Gasteiger partial charge in [0.15, 0.2) is 0 Å². The number of thiophene rings is 1. The van der Waals surface area contributed by atoms with E-state index >= 15 is 0 Å². The maximum absolute atomic E-state index is 8.83. The van der Waals surface area contributed by atoms with Gasteiger partial charge in [0.25, 0.3) is 0 Å². The van der Waals surface area contributed by atoms with Crippen molar-refractivity contribution < 1.29 is 5.11 Å². The summed E-state index contributed by atoms with van der Waals surface area (Å²) in [7, 11) is 0. The van der Waals surface area contributed by atoms with Crippen LogP contribution in [0, 0.1) is 0 Å². The van der Waals surface area contributed by atoms with Crippen LogP contribution in [0.25, 0.3) is 10.1 Å². The Morgan fingerprint density at radius 2 is 2.14 bits per heavy atom. The fraction of sp³-hybridized carbons (Fsp3) is 0.273. The Balaban J connectivity index is 2.42. The highest BCUT2D eigenvalue weighted by molar-refractivity contribution is 7.17. The number of fused-ring (bicyclic) bond motifs is 1. The Labute approximate surface area is 87.0 Å². The van der Waals surface area contributed by atoms with Crippen LogP contribution in [0.1, 0.15) is 18.0 Å². The van der Waals surface area contributed by atoms with E-state index < -0.39 is 0 Å². The molecule has 0 unspecified atom stereocenters. The average molecular weight is 207 g/mol. The van der Waals surface area contributed by atoms with Crippen molar-refractivity contribution in [1.29, 1.82) is 0 Å². The van der Waals surface area contributed by atoms with Crippen molar-refractivity contribution in [3.05, 3.63) is 35.2 Å². The van der Waals surface area contributed by atoms with Crippen LogP contribution in [-0.4, -0.2) is 11.7 Å². The smallest absolute Gasteiger partial charge is 0.0449 e. The molecule has 1 heterocycles. The summed E-state index contributed by atoms with van der Waals surface area (Å²) in [5.74, 6) is 0. The summed E-state index contributed by atoms with van der Waals surface area (Å²) in [5.41, 5.74) is 7.12. The minimum Gasteiger partial charge on any atom is -0.396 e. The largest absolute Gasteiger partial charge is 0.396 e. The molecule has 0 radical (unpaired) electrons. The lowest BCUT2D eigenvalue weighted by atomic mass is 10.0. The molecule has 2 rings (SSSR count). The molecular formula is C11H13NOS.